The Hall–Kier alpha value is -1.67. The van der Waals surface area contributed by atoms with Gasteiger partial charge in [0.2, 0.25) is 0 Å². The maximum absolute atomic E-state index is 11.4. The van der Waals surface area contributed by atoms with Crippen molar-refractivity contribution in [2.45, 2.75) is 19.5 Å². The number of nitrogens with one attached hydrogen (secondary N) is 2. The van der Waals surface area contributed by atoms with Crippen LogP contribution in [0.25, 0.3) is 0 Å². The predicted octanol–water partition coefficient (Wildman–Crippen LogP) is 0.350. The zero-order valence-electron chi connectivity index (χ0n) is 10.1. The number of methoxy groups -OCH3 is 1. The molecule has 1 rings (SSSR count). The Morgan fingerprint density at radius 1 is 1.61 bits per heavy atom. The molecule has 0 aliphatic heterocycles. The van der Waals surface area contributed by atoms with Gasteiger partial charge in [-0.25, -0.2) is 14.6 Å². The third-order valence-electron chi connectivity index (χ3n) is 2.03. The van der Waals surface area contributed by atoms with Crippen LogP contribution in [0.2, 0.25) is 0 Å². The standard InChI is InChI=1S/C10H15N3O4S/c1-6-12-7(5-18-6)3-11-10(16)13-8(4-17-2)9(14)15/h5,8H,3-4H2,1-2H3,(H,14,15)(H2,11,13,16). The lowest BCUT2D eigenvalue weighted by molar-refractivity contribution is -0.140. The van der Waals surface area contributed by atoms with Crippen LogP contribution in [0.1, 0.15) is 10.7 Å². The number of carboxylic acids is 1. The molecule has 1 atom stereocenters. The van der Waals surface area contributed by atoms with Crippen molar-refractivity contribution in [1.82, 2.24) is 15.6 Å². The van der Waals surface area contributed by atoms with Gasteiger partial charge in [0.25, 0.3) is 0 Å². The number of carbonyl (C=O) groups excluding carboxylic acids is 1. The van der Waals surface area contributed by atoms with E-state index in [1.807, 2.05) is 12.3 Å². The van der Waals surface area contributed by atoms with Crippen LogP contribution >= 0.6 is 11.3 Å². The Kier molecular flexibility index (Phi) is 5.53. The zero-order chi connectivity index (χ0) is 13.5. The summed E-state index contributed by atoms with van der Waals surface area (Å²) in [6.07, 6.45) is 0. The van der Waals surface area contributed by atoms with Crippen LogP contribution in [0.5, 0.6) is 0 Å². The largest absolute Gasteiger partial charge is 0.480 e. The predicted molar refractivity (Wildman–Crippen MR) is 65.5 cm³/mol. The van der Waals surface area contributed by atoms with E-state index >= 15 is 0 Å². The van der Waals surface area contributed by atoms with Crippen LogP contribution in [0.4, 0.5) is 4.79 Å². The molecule has 7 nitrogen and oxygen atoms in total. The molecular weight excluding hydrogens is 258 g/mol. The second-order valence-electron chi connectivity index (χ2n) is 3.53. The van der Waals surface area contributed by atoms with Gasteiger partial charge in [0, 0.05) is 12.5 Å². The number of thiazole rings is 1. The molecule has 8 heteroatoms. The molecule has 1 unspecified atom stereocenters. The Labute approximate surface area is 108 Å². The third kappa shape index (κ3) is 4.68. The Balaban J connectivity index is 2.38. The lowest BCUT2D eigenvalue weighted by Gasteiger charge is -2.13. The molecule has 1 aromatic rings. The van der Waals surface area contributed by atoms with E-state index in [0.717, 1.165) is 10.7 Å². The minimum absolute atomic E-state index is 0.0848. The molecule has 0 aliphatic rings. The van der Waals surface area contributed by atoms with E-state index in [9.17, 15) is 9.59 Å². The second-order valence-corrected chi connectivity index (χ2v) is 4.59. The average Bonchev–Trinajstić information content (AvgIpc) is 2.72. The van der Waals surface area contributed by atoms with E-state index in [2.05, 4.69) is 15.6 Å². The van der Waals surface area contributed by atoms with Crippen LogP contribution in [0.3, 0.4) is 0 Å². The first-order valence-corrected chi connectivity index (χ1v) is 6.08. The van der Waals surface area contributed by atoms with E-state index in [0.29, 0.717) is 0 Å². The maximum Gasteiger partial charge on any atom is 0.328 e. The van der Waals surface area contributed by atoms with E-state index in [1.165, 1.54) is 18.4 Å². The smallest absolute Gasteiger partial charge is 0.328 e. The van der Waals surface area contributed by atoms with Gasteiger partial charge in [-0.05, 0) is 6.92 Å². The molecule has 2 amide bonds. The fourth-order valence-electron chi connectivity index (χ4n) is 1.21. The number of amides is 2. The highest BCUT2D eigenvalue weighted by Gasteiger charge is 2.19. The van der Waals surface area contributed by atoms with E-state index in [4.69, 9.17) is 9.84 Å². The summed E-state index contributed by atoms with van der Waals surface area (Å²) in [6, 6.07) is -1.63. The summed E-state index contributed by atoms with van der Waals surface area (Å²) in [6.45, 7) is 2.04. The number of urea groups is 1. The molecule has 1 aromatic heterocycles. The number of nitrogens with zero attached hydrogens (tertiary/aromatic N) is 1. The minimum Gasteiger partial charge on any atom is -0.480 e. The highest BCUT2D eigenvalue weighted by Crippen LogP contribution is 2.06. The van der Waals surface area contributed by atoms with Gasteiger partial charge in [-0.1, -0.05) is 0 Å². The Morgan fingerprint density at radius 3 is 2.83 bits per heavy atom. The number of hydrogen-bond donors (Lipinski definition) is 3. The molecule has 18 heavy (non-hydrogen) atoms. The highest BCUT2D eigenvalue weighted by molar-refractivity contribution is 7.09. The van der Waals surface area contributed by atoms with Gasteiger partial charge in [-0.3, -0.25) is 0 Å². The summed E-state index contributed by atoms with van der Waals surface area (Å²) >= 11 is 1.49. The van der Waals surface area contributed by atoms with Gasteiger partial charge in [-0.2, -0.15) is 0 Å². The summed E-state index contributed by atoms with van der Waals surface area (Å²) in [5.74, 6) is -1.14. The molecule has 0 spiro atoms. The van der Waals surface area contributed by atoms with Gasteiger partial charge in [0.15, 0.2) is 6.04 Å². The lowest BCUT2D eigenvalue weighted by Crippen LogP contribution is -2.48. The molecule has 0 aromatic carbocycles. The first-order chi connectivity index (χ1) is 8.52. The van der Waals surface area contributed by atoms with Crippen LogP contribution in [0, 0.1) is 6.92 Å². The van der Waals surface area contributed by atoms with Crippen molar-refractivity contribution in [3.63, 3.8) is 0 Å². The van der Waals surface area contributed by atoms with Crippen LogP contribution in [0.15, 0.2) is 5.38 Å². The lowest BCUT2D eigenvalue weighted by atomic mass is 10.3. The van der Waals surface area contributed by atoms with Crippen molar-refractivity contribution in [1.29, 1.82) is 0 Å². The number of aromatic nitrogens is 1. The number of carbonyl (C=O) groups is 2. The Morgan fingerprint density at radius 2 is 2.33 bits per heavy atom. The van der Waals surface area contributed by atoms with Crippen molar-refractivity contribution in [3.05, 3.63) is 16.1 Å². The number of hydrogen-bond acceptors (Lipinski definition) is 5. The van der Waals surface area contributed by atoms with Crippen LogP contribution in [-0.2, 0) is 16.1 Å². The summed E-state index contributed by atoms with van der Waals surface area (Å²) in [5, 5.41) is 16.4. The highest BCUT2D eigenvalue weighted by atomic mass is 32.1. The minimum atomic E-state index is -1.14. The number of aryl methyl sites for hydroxylation is 1. The molecule has 0 saturated heterocycles. The summed E-state index contributed by atoms with van der Waals surface area (Å²) in [5.41, 5.74) is 0.742. The van der Waals surface area contributed by atoms with Crippen molar-refractivity contribution in [2.24, 2.45) is 0 Å². The van der Waals surface area contributed by atoms with Gasteiger partial charge >= 0.3 is 12.0 Å². The molecule has 0 aliphatic carbocycles. The van der Waals surface area contributed by atoms with Crippen molar-refractivity contribution in [3.8, 4) is 0 Å². The van der Waals surface area contributed by atoms with Crippen molar-refractivity contribution >= 4 is 23.3 Å². The molecule has 0 fully saturated rings. The summed E-state index contributed by atoms with van der Waals surface area (Å²) in [7, 11) is 1.37. The Bertz CT molecular complexity index is 421. The number of carboxylic acid groups (broad SMARTS) is 1. The van der Waals surface area contributed by atoms with Gasteiger partial charge < -0.3 is 20.5 Å². The molecular formula is C10H15N3O4S. The first-order valence-electron chi connectivity index (χ1n) is 5.20. The molecule has 3 N–H and O–H groups in total. The molecule has 0 saturated carbocycles. The zero-order valence-corrected chi connectivity index (χ0v) is 10.9. The topological polar surface area (TPSA) is 101 Å². The molecule has 0 bridgehead atoms. The van der Waals surface area contributed by atoms with Crippen LogP contribution < -0.4 is 10.6 Å². The molecule has 100 valence electrons. The summed E-state index contributed by atoms with van der Waals surface area (Å²) in [4.78, 5) is 26.4. The quantitative estimate of drug-likeness (QED) is 0.694. The second kappa shape index (κ2) is 6.92. The van der Waals surface area contributed by atoms with Gasteiger partial charge in [0.1, 0.15) is 0 Å². The van der Waals surface area contributed by atoms with Crippen molar-refractivity contribution in [2.75, 3.05) is 13.7 Å². The van der Waals surface area contributed by atoms with Gasteiger partial charge in [0.05, 0.1) is 23.9 Å². The average molecular weight is 273 g/mol. The van der Waals surface area contributed by atoms with E-state index in [1.54, 1.807) is 0 Å². The summed E-state index contributed by atoms with van der Waals surface area (Å²) < 4.78 is 4.70. The number of aliphatic carboxylic acids is 1. The number of rotatable bonds is 6. The monoisotopic (exact) mass is 273 g/mol. The normalized spacial score (nSPS) is 11.9. The maximum atomic E-state index is 11.4. The van der Waals surface area contributed by atoms with Crippen LogP contribution in [-0.4, -0.2) is 41.8 Å². The number of ether oxygens (including phenoxy) is 1. The van der Waals surface area contributed by atoms with Crippen molar-refractivity contribution < 1.29 is 19.4 Å². The van der Waals surface area contributed by atoms with E-state index < -0.39 is 18.0 Å². The fraction of sp³-hybridized carbons (Fsp3) is 0.500. The van der Waals surface area contributed by atoms with E-state index in [-0.39, 0.29) is 13.2 Å². The molecule has 1 heterocycles. The third-order valence-corrected chi connectivity index (χ3v) is 2.86. The molecule has 0 radical (unpaired) electrons. The fourth-order valence-corrected chi connectivity index (χ4v) is 1.82. The SMILES string of the molecule is COCC(NC(=O)NCc1csc(C)n1)C(=O)O. The first kappa shape index (κ1) is 14.4. The van der Waals surface area contributed by atoms with Gasteiger partial charge in [-0.15, -0.1) is 11.3 Å².